The molecule has 0 spiro atoms. The van der Waals surface area contributed by atoms with Gasteiger partial charge in [0.2, 0.25) is 10.0 Å². The highest BCUT2D eigenvalue weighted by Crippen LogP contribution is 2.20. The van der Waals surface area contributed by atoms with Crippen LogP contribution < -0.4 is 14.8 Å². The molecule has 0 bridgehead atoms. The summed E-state index contributed by atoms with van der Waals surface area (Å²) in [6, 6.07) is 13.5. The molecule has 0 heterocycles. The van der Waals surface area contributed by atoms with Crippen molar-refractivity contribution in [3.05, 3.63) is 54.1 Å². The van der Waals surface area contributed by atoms with Crippen molar-refractivity contribution in [2.75, 3.05) is 5.32 Å². The van der Waals surface area contributed by atoms with E-state index in [0.29, 0.717) is 17.4 Å². The Bertz CT molecular complexity index is 889. The normalized spacial score (nSPS) is 12.8. The van der Waals surface area contributed by atoms with Gasteiger partial charge in [-0.25, -0.2) is 13.1 Å². The predicted molar refractivity (Wildman–Crippen MR) is 111 cm³/mol. The summed E-state index contributed by atoms with van der Waals surface area (Å²) in [7, 11) is -3.56. The van der Waals surface area contributed by atoms with Gasteiger partial charge >= 0.3 is 0 Å². The predicted octanol–water partition coefficient (Wildman–Crippen LogP) is 3.90. The topological polar surface area (TPSA) is 84.5 Å². The van der Waals surface area contributed by atoms with Crippen LogP contribution in [0.3, 0.4) is 0 Å². The second kappa shape index (κ2) is 9.21. The molecule has 0 fully saturated rings. The Labute approximate surface area is 167 Å². The molecule has 2 rings (SSSR count). The van der Waals surface area contributed by atoms with Crippen LogP contribution in [0.4, 0.5) is 5.69 Å². The van der Waals surface area contributed by atoms with Crippen LogP contribution in [0.1, 0.15) is 46.1 Å². The first-order valence-corrected chi connectivity index (χ1v) is 10.8. The van der Waals surface area contributed by atoms with E-state index in [0.717, 1.165) is 0 Å². The van der Waals surface area contributed by atoms with Gasteiger partial charge in [-0.05, 0) is 68.7 Å². The zero-order valence-electron chi connectivity index (χ0n) is 16.9. The Balaban J connectivity index is 1.98. The fourth-order valence-corrected chi connectivity index (χ4v) is 3.78. The number of carbonyl (C=O) groups is 1. The van der Waals surface area contributed by atoms with Gasteiger partial charge in [0.15, 0.2) is 6.10 Å². The van der Waals surface area contributed by atoms with Crippen molar-refractivity contribution >= 4 is 21.6 Å². The number of benzene rings is 2. The minimum atomic E-state index is -3.56. The maximum Gasteiger partial charge on any atom is 0.265 e. The summed E-state index contributed by atoms with van der Waals surface area (Å²) in [5.41, 5.74) is 1.70. The van der Waals surface area contributed by atoms with Crippen LogP contribution in [-0.4, -0.2) is 26.5 Å². The van der Waals surface area contributed by atoms with Gasteiger partial charge in [0.1, 0.15) is 5.75 Å². The number of carbonyl (C=O) groups excluding carboxylic acids is 1. The van der Waals surface area contributed by atoms with E-state index in [1.54, 1.807) is 32.9 Å². The van der Waals surface area contributed by atoms with E-state index in [1.165, 1.54) is 17.7 Å². The summed E-state index contributed by atoms with van der Waals surface area (Å²) in [5.74, 6) is 0.731. The van der Waals surface area contributed by atoms with Gasteiger partial charge < -0.3 is 10.1 Å². The van der Waals surface area contributed by atoms with E-state index in [1.807, 2.05) is 24.3 Å². The van der Waals surface area contributed by atoms with Gasteiger partial charge in [-0.15, -0.1) is 0 Å². The highest BCUT2D eigenvalue weighted by molar-refractivity contribution is 7.89. The molecule has 152 valence electrons. The molecule has 6 nitrogen and oxygen atoms in total. The lowest BCUT2D eigenvalue weighted by atomic mass is 10.0. The quantitative estimate of drug-likeness (QED) is 0.699. The average molecular weight is 405 g/mol. The standard InChI is InChI=1S/C21H28N2O4S/c1-14(2)17-6-10-19(11-7-17)27-16(5)21(24)22-18-8-12-20(13-9-18)28(25,26)23-15(3)4/h6-16,23H,1-5H3,(H,22,24)/t16-/m0/s1. The van der Waals surface area contributed by atoms with Crippen molar-refractivity contribution in [1.29, 1.82) is 0 Å². The molecule has 2 aromatic rings. The minimum absolute atomic E-state index is 0.147. The molecule has 0 radical (unpaired) electrons. The molecule has 1 amide bonds. The molecule has 0 aromatic heterocycles. The Morgan fingerprint density at radius 1 is 0.893 bits per heavy atom. The number of amides is 1. The third-order valence-corrected chi connectivity index (χ3v) is 5.73. The number of ether oxygens (including phenoxy) is 1. The second-order valence-electron chi connectivity index (χ2n) is 7.27. The van der Waals surface area contributed by atoms with Crippen LogP contribution in [0.2, 0.25) is 0 Å². The van der Waals surface area contributed by atoms with Crippen molar-refractivity contribution in [1.82, 2.24) is 4.72 Å². The first-order chi connectivity index (χ1) is 13.1. The van der Waals surface area contributed by atoms with E-state index in [2.05, 4.69) is 23.9 Å². The van der Waals surface area contributed by atoms with Gasteiger partial charge in [0.25, 0.3) is 5.91 Å². The molecule has 0 unspecified atom stereocenters. The van der Waals surface area contributed by atoms with E-state index in [9.17, 15) is 13.2 Å². The summed E-state index contributed by atoms with van der Waals surface area (Å²) < 4.78 is 32.5. The first kappa shape index (κ1) is 21.9. The van der Waals surface area contributed by atoms with Crippen LogP contribution in [0, 0.1) is 0 Å². The van der Waals surface area contributed by atoms with Crippen LogP contribution in [-0.2, 0) is 14.8 Å². The lowest BCUT2D eigenvalue weighted by molar-refractivity contribution is -0.122. The van der Waals surface area contributed by atoms with Crippen molar-refractivity contribution in [3.63, 3.8) is 0 Å². The zero-order valence-corrected chi connectivity index (χ0v) is 17.7. The van der Waals surface area contributed by atoms with Crippen molar-refractivity contribution in [2.24, 2.45) is 0 Å². The van der Waals surface area contributed by atoms with Crippen LogP contribution in [0.15, 0.2) is 53.4 Å². The summed E-state index contributed by atoms with van der Waals surface area (Å²) in [4.78, 5) is 12.5. The molecule has 2 N–H and O–H groups in total. The summed E-state index contributed by atoms with van der Waals surface area (Å²) >= 11 is 0. The Morgan fingerprint density at radius 3 is 1.96 bits per heavy atom. The highest BCUT2D eigenvalue weighted by Gasteiger charge is 2.17. The fraction of sp³-hybridized carbons (Fsp3) is 0.381. The highest BCUT2D eigenvalue weighted by atomic mass is 32.2. The molecule has 7 heteroatoms. The largest absolute Gasteiger partial charge is 0.481 e. The van der Waals surface area contributed by atoms with E-state index in [4.69, 9.17) is 4.74 Å². The SMILES string of the molecule is CC(C)NS(=O)(=O)c1ccc(NC(=O)[C@H](C)Oc2ccc(C(C)C)cc2)cc1. The molecular formula is C21H28N2O4S. The Kier molecular flexibility index (Phi) is 7.21. The molecule has 28 heavy (non-hydrogen) atoms. The second-order valence-corrected chi connectivity index (χ2v) is 8.99. The number of rotatable bonds is 8. The minimum Gasteiger partial charge on any atom is -0.481 e. The molecule has 0 aliphatic heterocycles. The third-order valence-electron chi connectivity index (χ3n) is 4.05. The smallest absolute Gasteiger partial charge is 0.265 e. The van der Waals surface area contributed by atoms with Crippen molar-refractivity contribution in [2.45, 2.75) is 57.6 Å². The monoisotopic (exact) mass is 404 g/mol. The maximum atomic E-state index is 12.4. The molecule has 0 aliphatic rings. The van der Waals surface area contributed by atoms with E-state index < -0.39 is 16.1 Å². The van der Waals surface area contributed by atoms with Gasteiger partial charge in [-0.2, -0.15) is 0 Å². The molecule has 0 aliphatic carbocycles. The van der Waals surface area contributed by atoms with Crippen LogP contribution >= 0.6 is 0 Å². The lowest BCUT2D eigenvalue weighted by Gasteiger charge is -2.16. The number of nitrogens with one attached hydrogen (secondary N) is 2. The Hall–Kier alpha value is -2.38. The zero-order chi connectivity index (χ0) is 20.9. The van der Waals surface area contributed by atoms with Gasteiger partial charge in [0.05, 0.1) is 4.90 Å². The average Bonchev–Trinajstić information content (AvgIpc) is 2.61. The van der Waals surface area contributed by atoms with E-state index in [-0.39, 0.29) is 16.8 Å². The van der Waals surface area contributed by atoms with Crippen molar-refractivity contribution in [3.8, 4) is 5.75 Å². The van der Waals surface area contributed by atoms with Gasteiger partial charge in [-0.1, -0.05) is 26.0 Å². The molecule has 1 atom stereocenters. The molecule has 0 saturated heterocycles. The molecule has 2 aromatic carbocycles. The number of hydrogen-bond acceptors (Lipinski definition) is 4. The number of sulfonamides is 1. The number of anilines is 1. The fourth-order valence-electron chi connectivity index (χ4n) is 2.53. The van der Waals surface area contributed by atoms with Crippen LogP contribution in [0.5, 0.6) is 5.75 Å². The van der Waals surface area contributed by atoms with Crippen LogP contribution in [0.25, 0.3) is 0 Å². The van der Waals surface area contributed by atoms with Crippen molar-refractivity contribution < 1.29 is 17.9 Å². The summed E-state index contributed by atoms with van der Waals surface area (Å²) in [6.07, 6.45) is -0.698. The lowest BCUT2D eigenvalue weighted by Crippen LogP contribution is -2.31. The van der Waals surface area contributed by atoms with E-state index >= 15 is 0 Å². The summed E-state index contributed by atoms with van der Waals surface area (Å²) in [6.45, 7) is 9.40. The number of hydrogen-bond donors (Lipinski definition) is 2. The maximum absolute atomic E-state index is 12.4. The Morgan fingerprint density at radius 2 is 1.46 bits per heavy atom. The van der Waals surface area contributed by atoms with Gasteiger partial charge in [-0.3, -0.25) is 4.79 Å². The summed E-state index contributed by atoms with van der Waals surface area (Å²) in [5, 5.41) is 2.73. The third kappa shape index (κ3) is 6.07. The van der Waals surface area contributed by atoms with Gasteiger partial charge in [0, 0.05) is 11.7 Å². The molecular weight excluding hydrogens is 376 g/mol. The molecule has 0 saturated carbocycles. The first-order valence-electron chi connectivity index (χ1n) is 9.28.